The number of fused-ring (bicyclic) bond motifs is 2. The van der Waals surface area contributed by atoms with Crippen molar-refractivity contribution >= 4 is 16.9 Å². The summed E-state index contributed by atoms with van der Waals surface area (Å²) in [6, 6.07) is 6.13. The Hall–Kier alpha value is -2.21. The van der Waals surface area contributed by atoms with E-state index in [4.69, 9.17) is 9.47 Å². The molecule has 0 unspecified atom stereocenters. The third-order valence-corrected chi connectivity index (χ3v) is 5.46. The second-order valence-corrected chi connectivity index (χ2v) is 6.90. The van der Waals surface area contributed by atoms with E-state index in [0.717, 1.165) is 54.5 Å². The first kappa shape index (κ1) is 16.3. The van der Waals surface area contributed by atoms with E-state index in [1.54, 1.807) is 7.11 Å². The van der Waals surface area contributed by atoms with Crippen LogP contribution in [0.15, 0.2) is 24.4 Å². The van der Waals surface area contributed by atoms with Crippen molar-refractivity contribution in [3.8, 4) is 5.75 Å². The Labute approximate surface area is 147 Å². The SMILES string of the molecule is COc1cccc2[nH]cc(CCNC(=O)N[C@@H]3C[C@@H]4OCCC[C@H]43)c12. The van der Waals surface area contributed by atoms with Crippen molar-refractivity contribution < 1.29 is 14.3 Å². The van der Waals surface area contributed by atoms with Crippen LogP contribution in [0.5, 0.6) is 5.75 Å². The summed E-state index contributed by atoms with van der Waals surface area (Å²) >= 11 is 0. The van der Waals surface area contributed by atoms with Gasteiger partial charge >= 0.3 is 6.03 Å². The van der Waals surface area contributed by atoms with Crippen LogP contribution in [0.1, 0.15) is 24.8 Å². The van der Waals surface area contributed by atoms with E-state index >= 15 is 0 Å². The first-order valence-electron chi connectivity index (χ1n) is 9.05. The fourth-order valence-electron chi connectivity index (χ4n) is 4.08. The van der Waals surface area contributed by atoms with Gasteiger partial charge in [-0.3, -0.25) is 0 Å². The maximum atomic E-state index is 12.1. The van der Waals surface area contributed by atoms with E-state index in [1.807, 2.05) is 24.4 Å². The molecule has 1 saturated heterocycles. The first-order chi connectivity index (χ1) is 12.3. The lowest BCUT2D eigenvalue weighted by Gasteiger charge is -2.47. The number of urea groups is 1. The molecule has 1 aromatic carbocycles. The van der Waals surface area contributed by atoms with Crippen molar-refractivity contribution in [1.82, 2.24) is 15.6 Å². The number of carbonyl (C=O) groups is 1. The molecule has 3 N–H and O–H groups in total. The van der Waals surface area contributed by atoms with E-state index in [2.05, 4.69) is 15.6 Å². The standard InChI is InChI=1S/C19H25N3O3/c1-24-16-6-2-5-14-18(16)12(11-21-14)7-8-20-19(23)22-15-10-17-13(15)4-3-9-25-17/h2,5-6,11,13,15,17,21H,3-4,7-10H2,1H3,(H2,20,22,23)/t13-,15+,17-/m0/s1. The van der Waals surface area contributed by atoms with Gasteiger partial charge in [0, 0.05) is 42.2 Å². The van der Waals surface area contributed by atoms with E-state index in [0.29, 0.717) is 18.6 Å². The summed E-state index contributed by atoms with van der Waals surface area (Å²) in [7, 11) is 1.68. The highest BCUT2D eigenvalue weighted by atomic mass is 16.5. The second kappa shape index (κ2) is 6.96. The van der Waals surface area contributed by atoms with Gasteiger partial charge in [-0.1, -0.05) is 6.07 Å². The number of amides is 2. The van der Waals surface area contributed by atoms with Crippen LogP contribution in [-0.2, 0) is 11.2 Å². The van der Waals surface area contributed by atoms with Crippen LogP contribution in [0.3, 0.4) is 0 Å². The minimum absolute atomic E-state index is 0.0826. The Bertz CT molecular complexity index is 757. The van der Waals surface area contributed by atoms with Crippen LogP contribution in [0, 0.1) is 5.92 Å². The molecule has 3 atom stereocenters. The van der Waals surface area contributed by atoms with Crippen molar-refractivity contribution in [1.29, 1.82) is 0 Å². The molecule has 2 aliphatic rings. The number of hydrogen-bond donors (Lipinski definition) is 3. The molecule has 6 heteroatoms. The van der Waals surface area contributed by atoms with Crippen molar-refractivity contribution in [3.63, 3.8) is 0 Å². The van der Waals surface area contributed by atoms with Crippen molar-refractivity contribution in [2.75, 3.05) is 20.3 Å². The van der Waals surface area contributed by atoms with E-state index in [9.17, 15) is 4.79 Å². The van der Waals surface area contributed by atoms with Crippen molar-refractivity contribution in [2.24, 2.45) is 5.92 Å². The second-order valence-electron chi connectivity index (χ2n) is 6.90. The fourth-order valence-corrected chi connectivity index (χ4v) is 4.08. The number of carbonyl (C=O) groups excluding carboxylic acids is 1. The molecule has 2 fully saturated rings. The number of H-pyrrole nitrogens is 1. The molecule has 134 valence electrons. The maximum Gasteiger partial charge on any atom is 0.315 e. The minimum Gasteiger partial charge on any atom is -0.496 e. The number of hydrogen-bond acceptors (Lipinski definition) is 3. The maximum absolute atomic E-state index is 12.1. The monoisotopic (exact) mass is 343 g/mol. The largest absolute Gasteiger partial charge is 0.496 e. The Balaban J connectivity index is 1.29. The Morgan fingerprint density at radius 1 is 1.44 bits per heavy atom. The minimum atomic E-state index is -0.0826. The highest BCUT2D eigenvalue weighted by Gasteiger charge is 2.43. The molecule has 0 bridgehead atoms. The third-order valence-electron chi connectivity index (χ3n) is 5.46. The topological polar surface area (TPSA) is 75.4 Å². The van der Waals surface area contributed by atoms with Gasteiger partial charge in [0.2, 0.25) is 0 Å². The number of aromatic nitrogens is 1. The number of benzene rings is 1. The average molecular weight is 343 g/mol. The smallest absolute Gasteiger partial charge is 0.315 e. The van der Waals surface area contributed by atoms with E-state index < -0.39 is 0 Å². The van der Waals surface area contributed by atoms with Gasteiger partial charge in [-0.2, -0.15) is 0 Å². The van der Waals surface area contributed by atoms with Crippen LogP contribution in [0.25, 0.3) is 10.9 Å². The lowest BCUT2D eigenvalue weighted by Crippen LogP contribution is -2.59. The van der Waals surface area contributed by atoms with Gasteiger partial charge in [-0.05, 0) is 43.4 Å². The zero-order valence-corrected chi connectivity index (χ0v) is 14.5. The van der Waals surface area contributed by atoms with Crippen LogP contribution in [0.4, 0.5) is 4.79 Å². The Morgan fingerprint density at radius 3 is 3.20 bits per heavy atom. The van der Waals surface area contributed by atoms with Crippen molar-refractivity contribution in [2.45, 2.75) is 37.8 Å². The molecule has 1 aromatic heterocycles. The van der Waals surface area contributed by atoms with Gasteiger partial charge < -0.3 is 25.1 Å². The molecule has 1 aliphatic carbocycles. The van der Waals surface area contributed by atoms with Crippen LogP contribution in [0.2, 0.25) is 0 Å². The molecule has 6 nitrogen and oxygen atoms in total. The molecule has 25 heavy (non-hydrogen) atoms. The first-order valence-corrected chi connectivity index (χ1v) is 9.05. The summed E-state index contributed by atoms with van der Waals surface area (Å²) in [4.78, 5) is 15.4. The van der Waals surface area contributed by atoms with E-state index in [1.165, 1.54) is 0 Å². The van der Waals surface area contributed by atoms with Gasteiger partial charge in [0.15, 0.2) is 0 Å². The Kier molecular flexibility index (Phi) is 4.53. The summed E-state index contributed by atoms with van der Waals surface area (Å²) < 4.78 is 11.1. The average Bonchev–Trinajstić information content (AvgIpc) is 3.03. The molecular formula is C19H25N3O3. The molecule has 2 amide bonds. The predicted molar refractivity (Wildman–Crippen MR) is 96.0 cm³/mol. The predicted octanol–water partition coefficient (Wildman–Crippen LogP) is 2.59. The molecule has 2 heterocycles. The lowest BCUT2D eigenvalue weighted by atomic mass is 9.72. The molecule has 1 aliphatic heterocycles. The highest BCUT2D eigenvalue weighted by molar-refractivity contribution is 5.89. The molecule has 0 spiro atoms. The van der Waals surface area contributed by atoms with Gasteiger partial charge in [0.1, 0.15) is 5.75 Å². The normalized spacial score (nSPS) is 25.1. The molecule has 4 rings (SSSR count). The number of methoxy groups -OCH3 is 1. The van der Waals surface area contributed by atoms with E-state index in [-0.39, 0.29) is 12.1 Å². The molecule has 1 saturated carbocycles. The lowest BCUT2D eigenvalue weighted by molar-refractivity contribution is -0.0999. The number of ether oxygens (including phenoxy) is 2. The zero-order valence-electron chi connectivity index (χ0n) is 14.5. The molecular weight excluding hydrogens is 318 g/mol. The fraction of sp³-hybridized carbons (Fsp3) is 0.526. The summed E-state index contributed by atoms with van der Waals surface area (Å²) in [5.74, 6) is 1.35. The van der Waals surface area contributed by atoms with Gasteiger partial charge in [-0.15, -0.1) is 0 Å². The number of rotatable bonds is 5. The third kappa shape index (κ3) is 3.18. The molecule has 2 aromatic rings. The van der Waals surface area contributed by atoms with Crippen LogP contribution >= 0.6 is 0 Å². The summed E-state index contributed by atoms with van der Waals surface area (Å²) in [6.45, 7) is 1.46. The van der Waals surface area contributed by atoms with Gasteiger partial charge in [0.25, 0.3) is 0 Å². The summed E-state index contributed by atoms with van der Waals surface area (Å²) in [6.07, 6.45) is 6.31. The highest BCUT2D eigenvalue weighted by Crippen LogP contribution is 2.37. The Morgan fingerprint density at radius 2 is 2.36 bits per heavy atom. The molecule has 0 radical (unpaired) electrons. The van der Waals surface area contributed by atoms with Crippen molar-refractivity contribution in [3.05, 3.63) is 30.0 Å². The number of aromatic amines is 1. The van der Waals surface area contributed by atoms with Gasteiger partial charge in [0.05, 0.1) is 13.2 Å². The quantitative estimate of drug-likeness (QED) is 0.781. The zero-order chi connectivity index (χ0) is 17.2. The summed E-state index contributed by atoms with van der Waals surface area (Å²) in [5.41, 5.74) is 2.20. The number of nitrogens with one attached hydrogen (secondary N) is 3. The van der Waals surface area contributed by atoms with Gasteiger partial charge in [-0.25, -0.2) is 4.79 Å². The van der Waals surface area contributed by atoms with Crippen LogP contribution in [-0.4, -0.2) is 43.4 Å². The summed E-state index contributed by atoms with van der Waals surface area (Å²) in [5, 5.41) is 7.16. The van der Waals surface area contributed by atoms with Crippen LogP contribution < -0.4 is 15.4 Å².